The Bertz CT molecular complexity index is 396. The lowest BCUT2D eigenvalue weighted by Gasteiger charge is -2.22. The predicted octanol–water partition coefficient (Wildman–Crippen LogP) is 3.79. The number of ether oxygens (including phenoxy) is 1. The van der Waals surface area contributed by atoms with E-state index in [9.17, 15) is 0 Å². The summed E-state index contributed by atoms with van der Waals surface area (Å²) in [4.78, 5) is 0. The number of hydrogen-bond donors (Lipinski definition) is 1. The molecule has 0 heterocycles. The first kappa shape index (κ1) is 14.4. The molecule has 106 valence electrons. The SMILES string of the molecule is COc1ccc(CC(C)NC2CCC(C)(C)C2)cc1. The van der Waals surface area contributed by atoms with Gasteiger partial charge >= 0.3 is 0 Å². The molecule has 2 nitrogen and oxygen atoms in total. The van der Waals surface area contributed by atoms with Crippen LogP contribution in [0.1, 0.15) is 45.6 Å². The summed E-state index contributed by atoms with van der Waals surface area (Å²) in [6.45, 7) is 7.04. The van der Waals surface area contributed by atoms with E-state index in [1.807, 2.05) is 12.1 Å². The molecule has 0 aliphatic heterocycles. The molecule has 1 fully saturated rings. The van der Waals surface area contributed by atoms with Gasteiger partial charge < -0.3 is 10.1 Å². The molecule has 0 spiro atoms. The third kappa shape index (κ3) is 4.24. The lowest BCUT2D eigenvalue weighted by atomic mass is 9.91. The molecule has 1 N–H and O–H groups in total. The maximum atomic E-state index is 5.19. The molecular formula is C17H27NO. The maximum absolute atomic E-state index is 5.19. The van der Waals surface area contributed by atoms with Crippen molar-refractivity contribution in [3.05, 3.63) is 29.8 Å². The molecule has 0 saturated heterocycles. The van der Waals surface area contributed by atoms with Crippen molar-refractivity contribution >= 4 is 0 Å². The van der Waals surface area contributed by atoms with E-state index in [2.05, 4.69) is 38.2 Å². The van der Waals surface area contributed by atoms with Crippen LogP contribution in [0.4, 0.5) is 0 Å². The van der Waals surface area contributed by atoms with Gasteiger partial charge in [0.1, 0.15) is 5.75 Å². The molecule has 2 unspecified atom stereocenters. The van der Waals surface area contributed by atoms with Gasteiger partial charge in [-0.25, -0.2) is 0 Å². The zero-order valence-electron chi connectivity index (χ0n) is 12.7. The second kappa shape index (κ2) is 5.96. The van der Waals surface area contributed by atoms with E-state index < -0.39 is 0 Å². The molecule has 2 atom stereocenters. The average Bonchev–Trinajstić information content (AvgIpc) is 2.69. The highest BCUT2D eigenvalue weighted by atomic mass is 16.5. The first-order valence-corrected chi connectivity index (χ1v) is 7.37. The van der Waals surface area contributed by atoms with Crippen molar-refractivity contribution in [2.24, 2.45) is 5.41 Å². The highest BCUT2D eigenvalue weighted by molar-refractivity contribution is 5.27. The van der Waals surface area contributed by atoms with Gasteiger partial charge in [-0.1, -0.05) is 26.0 Å². The minimum atomic E-state index is 0.525. The lowest BCUT2D eigenvalue weighted by molar-refractivity contribution is 0.354. The minimum Gasteiger partial charge on any atom is -0.497 e. The van der Waals surface area contributed by atoms with Gasteiger partial charge in [-0.3, -0.25) is 0 Å². The standard InChI is InChI=1S/C17H27NO/c1-13(18-15-9-10-17(2,3)12-15)11-14-5-7-16(19-4)8-6-14/h5-8,13,15,18H,9-12H2,1-4H3. The zero-order valence-corrected chi connectivity index (χ0v) is 12.7. The van der Waals surface area contributed by atoms with Gasteiger partial charge in [-0.15, -0.1) is 0 Å². The second-order valence-electron chi connectivity index (χ2n) is 6.72. The lowest BCUT2D eigenvalue weighted by Crippen LogP contribution is -2.36. The van der Waals surface area contributed by atoms with Crippen LogP contribution in [0.2, 0.25) is 0 Å². The van der Waals surface area contributed by atoms with E-state index >= 15 is 0 Å². The van der Waals surface area contributed by atoms with Crippen LogP contribution in [-0.2, 0) is 6.42 Å². The monoisotopic (exact) mass is 261 g/mol. The van der Waals surface area contributed by atoms with E-state index in [-0.39, 0.29) is 0 Å². The smallest absolute Gasteiger partial charge is 0.118 e. The Morgan fingerprint density at radius 2 is 2.00 bits per heavy atom. The van der Waals surface area contributed by atoms with Crippen LogP contribution in [0.25, 0.3) is 0 Å². The van der Waals surface area contributed by atoms with Crippen LogP contribution in [0.5, 0.6) is 5.75 Å². The van der Waals surface area contributed by atoms with Gasteiger partial charge in [-0.05, 0) is 55.7 Å². The fourth-order valence-electron chi connectivity index (χ4n) is 3.15. The van der Waals surface area contributed by atoms with Crippen LogP contribution in [0, 0.1) is 5.41 Å². The molecule has 1 aliphatic rings. The van der Waals surface area contributed by atoms with Gasteiger partial charge in [0, 0.05) is 12.1 Å². The van der Waals surface area contributed by atoms with Crippen LogP contribution in [0.15, 0.2) is 24.3 Å². The Balaban J connectivity index is 1.82. The Labute approximate surface area is 117 Å². The minimum absolute atomic E-state index is 0.525. The Kier molecular flexibility index (Phi) is 4.51. The topological polar surface area (TPSA) is 21.3 Å². The van der Waals surface area contributed by atoms with E-state index in [0.29, 0.717) is 17.5 Å². The van der Waals surface area contributed by atoms with E-state index in [0.717, 1.165) is 12.2 Å². The fraction of sp³-hybridized carbons (Fsp3) is 0.647. The largest absolute Gasteiger partial charge is 0.497 e. The predicted molar refractivity (Wildman–Crippen MR) is 80.7 cm³/mol. The van der Waals surface area contributed by atoms with E-state index in [1.54, 1.807) is 7.11 Å². The molecule has 2 rings (SSSR count). The van der Waals surface area contributed by atoms with Crippen molar-refractivity contribution < 1.29 is 4.74 Å². The summed E-state index contributed by atoms with van der Waals surface area (Å²) < 4.78 is 5.19. The van der Waals surface area contributed by atoms with Crippen molar-refractivity contribution in [1.29, 1.82) is 0 Å². The first-order valence-electron chi connectivity index (χ1n) is 7.37. The second-order valence-corrected chi connectivity index (χ2v) is 6.72. The normalized spacial score (nSPS) is 23.3. The molecule has 1 saturated carbocycles. The molecule has 0 radical (unpaired) electrons. The van der Waals surface area contributed by atoms with E-state index in [4.69, 9.17) is 4.74 Å². The van der Waals surface area contributed by atoms with Crippen LogP contribution in [-0.4, -0.2) is 19.2 Å². The maximum Gasteiger partial charge on any atom is 0.118 e. The molecule has 19 heavy (non-hydrogen) atoms. The Morgan fingerprint density at radius 3 is 2.53 bits per heavy atom. The molecule has 0 bridgehead atoms. The third-order valence-electron chi connectivity index (χ3n) is 4.19. The summed E-state index contributed by atoms with van der Waals surface area (Å²) in [5.41, 5.74) is 1.90. The summed E-state index contributed by atoms with van der Waals surface area (Å²) in [6, 6.07) is 9.64. The van der Waals surface area contributed by atoms with Crippen LogP contribution < -0.4 is 10.1 Å². The summed E-state index contributed by atoms with van der Waals surface area (Å²) in [5, 5.41) is 3.78. The molecular weight excluding hydrogens is 234 g/mol. The van der Waals surface area contributed by atoms with Gasteiger partial charge in [0.05, 0.1) is 7.11 Å². The molecule has 0 aromatic heterocycles. The van der Waals surface area contributed by atoms with E-state index in [1.165, 1.54) is 24.8 Å². The van der Waals surface area contributed by atoms with Crippen molar-refractivity contribution in [3.63, 3.8) is 0 Å². The average molecular weight is 261 g/mol. The number of nitrogens with one attached hydrogen (secondary N) is 1. The van der Waals surface area contributed by atoms with Crippen molar-refractivity contribution in [1.82, 2.24) is 5.32 Å². The number of rotatable bonds is 5. The van der Waals surface area contributed by atoms with Gasteiger partial charge in [0.15, 0.2) is 0 Å². The summed E-state index contributed by atoms with van der Waals surface area (Å²) in [6.07, 6.45) is 5.06. The van der Waals surface area contributed by atoms with Crippen molar-refractivity contribution in [2.45, 2.75) is 58.5 Å². The molecule has 1 aromatic carbocycles. The van der Waals surface area contributed by atoms with Crippen LogP contribution in [0.3, 0.4) is 0 Å². The molecule has 0 amide bonds. The van der Waals surface area contributed by atoms with Gasteiger partial charge in [0.25, 0.3) is 0 Å². The summed E-state index contributed by atoms with van der Waals surface area (Å²) in [5.74, 6) is 0.932. The number of benzene rings is 1. The Morgan fingerprint density at radius 1 is 1.32 bits per heavy atom. The zero-order chi connectivity index (χ0) is 13.9. The number of methoxy groups -OCH3 is 1. The molecule has 1 aromatic rings. The highest BCUT2D eigenvalue weighted by Gasteiger charge is 2.31. The van der Waals surface area contributed by atoms with Crippen molar-refractivity contribution in [3.8, 4) is 5.75 Å². The first-order chi connectivity index (χ1) is 8.98. The number of hydrogen-bond acceptors (Lipinski definition) is 2. The van der Waals surface area contributed by atoms with Crippen molar-refractivity contribution in [2.75, 3.05) is 7.11 Å². The Hall–Kier alpha value is -1.02. The summed E-state index contributed by atoms with van der Waals surface area (Å²) >= 11 is 0. The third-order valence-corrected chi connectivity index (χ3v) is 4.19. The molecule has 1 aliphatic carbocycles. The quantitative estimate of drug-likeness (QED) is 0.870. The molecule has 2 heteroatoms. The van der Waals surface area contributed by atoms with Gasteiger partial charge in [0.2, 0.25) is 0 Å². The van der Waals surface area contributed by atoms with Gasteiger partial charge in [-0.2, -0.15) is 0 Å². The fourth-order valence-corrected chi connectivity index (χ4v) is 3.15. The highest BCUT2D eigenvalue weighted by Crippen LogP contribution is 2.37. The summed E-state index contributed by atoms with van der Waals surface area (Å²) in [7, 11) is 1.71. The van der Waals surface area contributed by atoms with Crippen LogP contribution >= 0.6 is 0 Å².